The minimum atomic E-state index is -1.25. The summed E-state index contributed by atoms with van der Waals surface area (Å²) in [6, 6.07) is 2.88. The molecule has 2 rings (SSSR count). The third-order valence-corrected chi connectivity index (χ3v) is 2.90. The summed E-state index contributed by atoms with van der Waals surface area (Å²) in [4.78, 5) is 27.2. The standard InChI is InChI=1S/C13H15N3O4/c1-7(2)11-14-10(15-20-11)6-16-8(3)4-5-9(12(16)17)13(18)19/h4-5,7H,6H2,1-3H3,(H,18,19). The van der Waals surface area contributed by atoms with Gasteiger partial charge in [-0.3, -0.25) is 4.79 Å². The Labute approximate surface area is 114 Å². The van der Waals surface area contributed by atoms with Crippen LogP contribution in [-0.4, -0.2) is 25.8 Å². The normalized spacial score (nSPS) is 11.0. The van der Waals surface area contributed by atoms with E-state index in [-0.39, 0.29) is 18.0 Å². The zero-order valence-electron chi connectivity index (χ0n) is 11.5. The van der Waals surface area contributed by atoms with Crippen molar-refractivity contribution < 1.29 is 14.4 Å². The number of aromatic carboxylic acids is 1. The number of nitrogens with zero attached hydrogens (tertiary/aromatic N) is 3. The van der Waals surface area contributed by atoms with E-state index in [2.05, 4.69) is 10.1 Å². The number of aryl methyl sites for hydroxylation is 1. The maximum Gasteiger partial charge on any atom is 0.341 e. The second-order valence-corrected chi connectivity index (χ2v) is 4.79. The molecule has 0 fully saturated rings. The molecule has 0 spiro atoms. The molecular formula is C13H15N3O4. The molecule has 0 aromatic carbocycles. The van der Waals surface area contributed by atoms with E-state index in [1.807, 2.05) is 13.8 Å². The Morgan fingerprint density at radius 3 is 2.70 bits per heavy atom. The van der Waals surface area contributed by atoms with Crippen LogP contribution in [0.2, 0.25) is 0 Å². The summed E-state index contributed by atoms with van der Waals surface area (Å²) in [7, 11) is 0. The largest absolute Gasteiger partial charge is 0.477 e. The van der Waals surface area contributed by atoms with Crippen molar-refractivity contribution in [2.24, 2.45) is 0 Å². The topological polar surface area (TPSA) is 98.2 Å². The van der Waals surface area contributed by atoms with Crippen LogP contribution in [0.25, 0.3) is 0 Å². The second kappa shape index (κ2) is 5.28. The fourth-order valence-electron chi connectivity index (χ4n) is 1.74. The van der Waals surface area contributed by atoms with Crippen LogP contribution < -0.4 is 5.56 Å². The third-order valence-electron chi connectivity index (χ3n) is 2.90. The van der Waals surface area contributed by atoms with E-state index >= 15 is 0 Å². The number of hydrogen-bond acceptors (Lipinski definition) is 5. The molecule has 2 aromatic rings. The van der Waals surface area contributed by atoms with E-state index in [4.69, 9.17) is 9.63 Å². The van der Waals surface area contributed by atoms with Gasteiger partial charge in [-0.2, -0.15) is 4.98 Å². The minimum absolute atomic E-state index is 0.0853. The van der Waals surface area contributed by atoms with Gasteiger partial charge in [0.05, 0.1) is 6.54 Å². The fraction of sp³-hybridized carbons (Fsp3) is 0.385. The molecule has 0 aliphatic carbocycles. The lowest BCUT2D eigenvalue weighted by atomic mass is 10.2. The van der Waals surface area contributed by atoms with Crippen molar-refractivity contribution in [2.45, 2.75) is 33.2 Å². The number of carbonyl (C=O) groups is 1. The Hall–Kier alpha value is -2.44. The van der Waals surface area contributed by atoms with Gasteiger partial charge in [-0.25, -0.2) is 4.79 Å². The van der Waals surface area contributed by atoms with E-state index in [9.17, 15) is 9.59 Å². The van der Waals surface area contributed by atoms with E-state index in [0.29, 0.717) is 17.4 Å². The molecule has 0 saturated carbocycles. The van der Waals surface area contributed by atoms with Crippen LogP contribution in [0.15, 0.2) is 21.5 Å². The summed E-state index contributed by atoms with van der Waals surface area (Å²) < 4.78 is 6.38. The van der Waals surface area contributed by atoms with Crippen LogP contribution >= 0.6 is 0 Å². The highest BCUT2D eigenvalue weighted by Gasteiger charge is 2.15. The van der Waals surface area contributed by atoms with Gasteiger partial charge in [0, 0.05) is 11.6 Å². The van der Waals surface area contributed by atoms with E-state index in [0.717, 1.165) is 0 Å². The Balaban J connectivity index is 2.40. The molecule has 0 atom stereocenters. The lowest BCUT2D eigenvalue weighted by Gasteiger charge is -2.08. The van der Waals surface area contributed by atoms with Crippen molar-refractivity contribution in [1.29, 1.82) is 0 Å². The third kappa shape index (κ3) is 2.61. The van der Waals surface area contributed by atoms with E-state index in [1.165, 1.54) is 10.6 Å². The van der Waals surface area contributed by atoms with Gasteiger partial charge in [0.25, 0.3) is 5.56 Å². The number of carboxylic acids is 1. The zero-order valence-corrected chi connectivity index (χ0v) is 11.5. The quantitative estimate of drug-likeness (QED) is 0.907. The number of aromatic nitrogens is 3. The summed E-state index contributed by atoms with van der Waals surface area (Å²) in [5.74, 6) is -0.319. The Kier molecular flexibility index (Phi) is 3.69. The first-order valence-electron chi connectivity index (χ1n) is 6.16. The van der Waals surface area contributed by atoms with Crippen molar-refractivity contribution >= 4 is 5.97 Å². The lowest BCUT2D eigenvalue weighted by Crippen LogP contribution is -2.28. The van der Waals surface area contributed by atoms with Crippen molar-refractivity contribution in [1.82, 2.24) is 14.7 Å². The number of hydrogen-bond donors (Lipinski definition) is 1. The highest BCUT2D eigenvalue weighted by Crippen LogP contribution is 2.11. The van der Waals surface area contributed by atoms with Gasteiger partial charge in [0.1, 0.15) is 5.56 Å². The molecule has 2 heterocycles. The Bertz CT molecular complexity index is 700. The van der Waals surface area contributed by atoms with Crippen LogP contribution in [-0.2, 0) is 6.54 Å². The fourth-order valence-corrected chi connectivity index (χ4v) is 1.74. The van der Waals surface area contributed by atoms with Crippen molar-refractivity contribution in [3.8, 4) is 0 Å². The predicted molar refractivity (Wildman–Crippen MR) is 69.9 cm³/mol. The van der Waals surface area contributed by atoms with Crippen molar-refractivity contribution in [2.75, 3.05) is 0 Å². The molecule has 0 bridgehead atoms. The number of pyridine rings is 1. The van der Waals surface area contributed by atoms with Gasteiger partial charge in [0.15, 0.2) is 5.82 Å². The average Bonchev–Trinajstić information content (AvgIpc) is 2.82. The molecule has 0 saturated heterocycles. The highest BCUT2D eigenvalue weighted by atomic mass is 16.5. The SMILES string of the molecule is Cc1ccc(C(=O)O)c(=O)n1Cc1noc(C(C)C)n1. The monoisotopic (exact) mass is 277 g/mol. The summed E-state index contributed by atoms with van der Waals surface area (Å²) in [5, 5.41) is 12.8. The predicted octanol–water partition coefficient (Wildman–Crippen LogP) is 1.41. The average molecular weight is 277 g/mol. The summed E-state index contributed by atoms with van der Waals surface area (Å²) in [6.45, 7) is 5.64. The van der Waals surface area contributed by atoms with Gasteiger partial charge < -0.3 is 14.2 Å². The zero-order chi connectivity index (χ0) is 14.9. The van der Waals surface area contributed by atoms with E-state index < -0.39 is 11.5 Å². The van der Waals surface area contributed by atoms with E-state index in [1.54, 1.807) is 13.0 Å². The molecule has 0 amide bonds. The molecular weight excluding hydrogens is 262 g/mol. The molecule has 0 unspecified atom stereocenters. The molecule has 7 nitrogen and oxygen atoms in total. The number of rotatable bonds is 4. The Morgan fingerprint density at radius 1 is 1.45 bits per heavy atom. The first-order valence-corrected chi connectivity index (χ1v) is 6.16. The summed E-state index contributed by atoms with van der Waals surface area (Å²) in [6.07, 6.45) is 0. The maximum atomic E-state index is 12.1. The summed E-state index contributed by atoms with van der Waals surface area (Å²) >= 11 is 0. The van der Waals surface area contributed by atoms with Gasteiger partial charge in [-0.15, -0.1) is 0 Å². The van der Waals surface area contributed by atoms with Gasteiger partial charge in [-0.1, -0.05) is 19.0 Å². The molecule has 106 valence electrons. The van der Waals surface area contributed by atoms with Crippen LogP contribution in [0.5, 0.6) is 0 Å². The van der Waals surface area contributed by atoms with Crippen LogP contribution in [0, 0.1) is 6.92 Å². The minimum Gasteiger partial charge on any atom is -0.477 e. The van der Waals surface area contributed by atoms with Crippen LogP contribution in [0.4, 0.5) is 0 Å². The molecule has 20 heavy (non-hydrogen) atoms. The molecule has 0 aliphatic heterocycles. The lowest BCUT2D eigenvalue weighted by molar-refractivity contribution is 0.0694. The van der Waals surface area contributed by atoms with Crippen molar-refractivity contribution in [3.63, 3.8) is 0 Å². The summed E-state index contributed by atoms with van der Waals surface area (Å²) in [5.41, 5.74) is -0.215. The van der Waals surface area contributed by atoms with Gasteiger partial charge in [0.2, 0.25) is 5.89 Å². The molecule has 0 radical (unpaired) electrons. The first kappa shape index (κ1) is 14.0. The molecule has 2 aromatic heterocycles. The highest BCUT2D eigenvalue weighted by molar-refractivity contribution is 5.87. The second-order valence-electron chi connectivity index (χ2n) is 4.79. The van der Waals surface area contributed by atoms with Gasteiger partial charge >= 0.3 is 5.97 Å². The first-order chi connectivity index (χ1) is 9.40. The van der Waals surface area contributed by atoms with Crippen molar-refractivity contribution in [3.05, 3.63) is 45.5 Å². The van der Waals surface area contributed by atoms with Crippen LogP contribution in [0.3, 0.4) is 0 Å². The molecule has 1 N–H and O–H groups in total. The molecule has 0 aliphatic rings. The smallest absolute Gasteiger partial charge is 0.341 e. The number of carboxylic acid groups (broad SMARTS) is 1. The van der Waals surface area contributed by atoms with Crippen LogP contribution in [0.1, 0.15) is 47.5 Å². The van der Waals surface area contributed by atoms with Gasteiger partial charge in [-0.05, 0) is 19.1 Å². The Morgan fingerprint density at radius 2 is 2.15 bits per heavy atom. The molecule has 7 heteroatoms. The maximum absolute atomic E-state index is 12.1.